The zero-order valence-electron chi connectivity index (χ0n) is 11.8. The first-order valence-corrected chi connectivity index (χ1v) is 7.90. The van der Waals surface area contributed by atoms with Crippen LogP contribution in [0.15, 0.2) is 35.4 Å². The van der Waals surface area contributed by atoms with Crippen molar-refractivity contribution in [3.05, 3.63) is 41.7 Å². The third kappa shape index (κ3) is 2.85. The third-order valence-corrected chi connectivity index (χ3v) is 4.40. The molecule has 0 unspecified atom stereocenters. The van der Waals surface area contributed by atoms with E-state index < -0.39 is 10.0 Å². The smallest absolute Gasteiger partial charge is 0.282 e. The Balaban J connectivity index is 2.36. The number of hydrogen-bond donors (Lipinski definition) is 0. The zero-order valence-corrected chi connectivity index (χ0v) is 12.6. The van der Waals surface area contributed by atoms with Crippen molar-refractivity contribution in [1.29, 1.82) is 0 Å². The summed E-state index contributed by atoms with van der Waals surface area (Å²) in [6.07, 6.45) is 2.35. The fourth-order valence-corrected chi connectivity index (χ4v) is 3.03. The molecule has 1 aromatic heterocycles. The molecule has 2 rings (SSSR count). The summed E-state index contributed by atoms with van der Waals surface area (Å²) in [4.78, 5) is 0.210. The van der Waals surface area contributed by atoms with E-state index in [2.05, 4.69) is 5.10 Å². The lowest BCUT2D eigenvalue weighted by molar-refractivity contribution is 0.315. The average Bonchev–Trinajstić information content (AvgIpc) is 2.84. The van der Waals surface area contributed by atoms with Crippen LogP contribution in [0.3, 0.4) is 0 Å². The number of aromatic nitrogens is 2. The SMILES string of the molecule is CCCOc1ccc(S(=O)(=O)n2ccc(C)n2)cc1C. The van der Waals surface area contributed by atoms with Crippen molar-refractivity contribution in [2.45, 2.75) is 32.1 Å². The molecule has 0 bridgehead atoms. The Labute approximate surface area is 119 Å². The third-order valence-electron chi connectivity index (χ3n) is 2.85. The van der Waals surface area contributed by atoms with Crippen LogP contribution in [0, 0.1) is 13.8 Å². The maximum atomic E-state index is 12.4. The molecule has 0 amide bonds. The summed E-state index contributed by atoms with van der Waals surface area (Å²) in [6.45, 7) is 6.22. The highest BCUT2D eigenvalue weighted by atomic mass is 32.2. The van der Waals surface area contributed by atoms with E-state index >= 15 is 0 Å². The van der Waals surface area contributed by atoms with Crippen molar-refractivity contribution in [1.82, 2.24) is 9.19 Å². The predicted molar refractivity (Wildman–Crippen MR) is 76.5 cm³/mol. The van der Waals surface area contributed by atoms with Gasteiger partial charge >= 0.3 is 0 Å². The molecule has 0 saturated carbocycles. The van der Waals surface area contributed by atoms with Gasteiger partial charge in [-0.2, -0.15) is 17.6 Å². The largest absolute Gasteiger partial charge is 0.493 e. The second-order valence-electron chi connectivity index (χ2n) is 4.61. The van der Waals surface area contributed by atoms with Crippen LogP contribution in [0.5, 0.6) is 5.75 Å². The summed E-state index contributed by atoms with van der Waals surface area (Å²) in [7, 11) is -3.63. The molecule has 2 aromatic rings. The first-order valence-electron chi connectivity index (χ1n) is 6.46. The molecule has 0 aliphatic heterocycles. The van der Waals surface area contributed by atoms with Crippen LogP contribution < -0.4 is 4.74 Å². The van der Waals surface area contributed by atoms with Gasteiger partial charge in [0.1, 0.15) is 5.75 Å². The maximum absolute atomic E-state index is 12.4. The maximum Gasteiger partial charge on any atom is 0.282 e. The number of ether oxygens (including phenoxy) is 1. The van der Waals surface area contributed by atoms with Crippen LogP contribution in [-0.2, 0) is 10.0 Å². The van der Waals surface area contributed by atoms with Crippen LogP contribution in [0.1, 0.15) is 24.6 Å². The molecule has 0 aliphatic carbocycles. The lowest BCUT2D eigenvalue weighted by Crippen LogP contribution is -2.14. The average molecular weight is 294 g/mol. The van der Waals surface area contributed by atoms with Crippen LogP contribution in [0.4, 0.5) is 0 Å². The number of benzene rings is 1. The van der Waals surface area contributed by atoms with Gasteiger partial charge in [-0.3, -0.25) is 0 Å². The molecular weight excluding hydrogens is 276 g/mol. The lowest BCUT2D eigenvalue weighted by Gasteiger charge is -2.10. The molecule has 0 spiro atoms. The Morgan fingerprint density at radius 3 is 2.55 bits per heavy atom. The Morgan fingerprint density at radius 1 is 1.25 bits per heavy atom. The van der Waals surface area contributed by atoms with Gasteiger partial charge in [-0.1, -0.05) is 6.92 Å². The summed E-state index contributed by atoms with van der Waals surface area (Å²) >= 11 is 0. The summed E-state index contributed by atoms with van der Waals surface area (Å²) in [6, 6.07) is 6.50. The second kappa shape index (κ2) is 5.66. The van der Waals surface area contributed by atoms with Crippen molar-refractivity contribution >= 4 is 10.0 Å². The Morgan fingerprint density at radius 2 is 2.00 bits per heavy atom. The minimum Gasteiger partial charge on any atom is -0.493 e. The van der Waals surface area contributed by atoms with E-state index in [4.69, 9.17) is 4.74 Å². The molecule has 5 nitrogen and oxygen atoms in total. The second-order valence-corrected chi connectivity index (χ2v) is 6.41. The molecule has 108 valence electrons. The molecule has 0 atom stereocenters. The van der Waals surface area contributed by atoms with Gasteiger partial charge in [-0.15, -0.1) is 0 Å². The highest BCUT2D eigenvalue weighted by Gasteiger charge is 2.18. The Hall–Kier alpha value is -1.82. The van der Waals surface area contributed by atoms with E-state index in [1.54, 1.807) is 31.2 Å². The zero-order chi connectivity index (χ0) is 14.8. The van der Waals surface area contributed by atoms with Crippen LogP contribution in [0.2, 0.25) is 0 Å². The van der Waals surface area contributed by atoms with Crippen LogP contribution >= 0.6 is 0 Å². The predicted octanol–water partition coefficient (Wildman–Crippen LogP) is 2.53. The van der Waals surface area contributed by atoms with Crippen molar-refractivity contribution in [2.75, 3.05) is 6.61 Å². The van der Waals surface area contributed by atoms with E-state index in [9.17, 15) is 8.42 Å². The molecule has 1 heterocycles. The van der Waals surface area contributed by atoms with E-state index in [0.29, 0.717) is 18.1 Å². The summed E-state index contributed by atoms with van der Waals surface area (Å²) in [5, 5.41) is 3.96. The number of hydrogen-bond acceptors (Lipinski definition) is 4. The quantitative estimate of drug-likeness (QED) is 0.850. The molecule has 6 heteroatoms. The molecule has 0 N–H and O–H groups in total. The van der Waals surface area contributed by atoms with Crippen molar-refractivity contribution in [3.63, 3.8) is 0 Å². The fourth-order valence-electron chi connectivity index (χ4n) is 1.79. The van der Waals surface area contributed by atoms with Gasteiger partial charge in [0.15, 0.2) is 0 Å². The normalized spacial score (nSPS) is 11.6. The van der Waals surface area contributed by atoms with E-state index in [0.717, 1.165) is 16.1 Å². The van der Waals surface area contributed by atoms with Gasteiger partial charge in [0.05, 0.1) is 17.2 Å². The number of rotatable bonds is 5. The van der Waals surface area contributed by atoms with Crippen LogP contribution in [0.25, 0.3) is 0 Å². The minimum absolute atomic E-state index is 0.210. The van der Waals surface area contributed by atoms with E-state index in [1.165, 1.54) is 6.20 Å². The molecule has 0 saturated heterocycles. The molecular formula is C14H18N2O3S. The lowest BCUT2D eigenvalue weighted by atomic mass is 10.2. The van der Waals surface area contributed by atoms with Gasteiger partial charge in [-0.25, -0.2) is 0 Å². The standard InChI is InChI=1S/C14H18N2O3S/c1-4-9-19-14-6-5-13(10-11(14)2)20(17,18)16-8-7-12(3)15-16/h5-8,10H,4,9H2,1-3H3. The Kier molecular flexibility index (Phi) is 4.13. The van der Waals surface area contributed by atoms with E-state index in [-0.39, 0.29) is 4.90 Å². The molecule has 1 aromatic carbocycles. The van der Waals surface area contributed by atoms with Gasteiger partial charge in [-0.05, 0) is 50.1 Å². The van der Waals surface area contributed by atoms with Crippen molar-refractivity contribution in [2.24, 2.45) is 0 Å². The first kappa shape index (κ1) is 14.6. The van der Waals surface area contributed by atoms with Crippen molar-refractivity contribution in [3.8, 4) is 5.75 Å². The fraction of sp³-hybridized carbons (Fsp3) is 0.357. The monoisotopic (exact) mass is 294 g/mol. The summed E-state index contributed by atoms with van der Waals surface area (Å²) in [5.41, 5.74) is 1.46. The van der Waals surface area contributed by atoms with Gasteiger partial charge in [0.2, 0.25) is 0 Å². The first-order chi connectivity index (χ1) is 9.45. The van der Waals surface area contributed by atoms with Crippen molar-refractivity contribution < 1.29 is 13.2 Å². The highest BCUT2D eigenvalue weighted by molar-refractivity contribution is 7.89. The van der Waals surface area contributed by atoms with Gasteiger partial charge in [0, 0.05) is 6.20 Å². The number of aryl methyl sites for hydroxylation is 2. The molecule has 0 aliphatic rings. The van der Waals surface area contributed by atoms with Crippen LogP contribution in [-0.4, -0.2) is 24.2 Å². The van der Waals surface area contributed by atoms with E-state index in [1.807, 2.05) is 13.8 Å². The summed E-state index contributed by atoms with van der Waals surface area (Å²) in [5.74, 6) is 0.711. The molecule has 20 heavy (non-hydrogen) atoms. The van der Waals surface area contributed by atoms with Gasteiger partial charge in [0.25, 0.3) is 10.0 Å². The number of nitrogens with zero attached hydrogens (tertiary/aromatic N) is 2. The highest BCUT2D eigenvalue weighted by Crippen LogP contribution is 2.23. The molecule has 0 radical (unpaired) electrons. The van der Waals surface area contributed by atoms with Gasteiger partial charge < -0.3 is 4.74 Å². The topological polar surface area (TPSA) is 61.2 Å². The molecule has 0 fully saturated rings. The Bertz CT molecular complexity index is 705. The summed E-state index contributed by atoms with van der Waals surface area (Å²) < 4.78 is 31.3. The minimum atomic E-state index is -3.63.